The van der Waals surface area contributed by atoms with Gasteiger partial charge in [-0.25, -0.2) is 0 Å². The highest BCUT2D eigenvalue weighted by molar-refractivity contribution is 5.20. The number of rotatable bonds is 2. The molecule has 0 fully saturated rings. The van der Waals surface area contributed by atoms with E-state index in [1.807, 2.05) is 6.20 Å². The molecule has 1 atom stereocenters. The van der Waals surface area contributed by atoms with Gasteiger partial charge in [0.05, 0.1) is 0 Å². The minimum absolute atomic E-state index is 0.112. The molecule has 3 heteroatoms. The van der Waals surface area contributed by atoms with E-state index in [-0.39, 0.29) is 5.43 Å². The molecule has 0 aromatic carbocycles. The zero-order chi connectivity index (χ0) is 13.2. The molecule has 0 spiro atoms. The Morgan fingerprint density at radius 1 is 1.42 bits per heavy atom. The Kier molecular flexibility index (Phi) is 3.38. The molecule has 100 valence electrons. The lowest BCUT2D eigenvalue weighted by atomic mass is 10.0. The van der Waals surface area contributed by atoms with Crippen molar-refractivity contribution in [3.63, 3.8) is 0 Å². The summed E-state index contributed by atoms with van der Waals surface area (Å²) in [7, 11) is 0. The molecule has 0 amide bonds. The quantitative estimate of drug-likeness (QED) is 0.811. The summed E-state index contributed by atoms with van der Waals surface area (Å²) in [6.07, 6.45) is 10.9. The molecule has 0 saturated heterocycles. The summed E-state index contributed by atoms with van der Waals surface area (Å²) in [5.74, 6) is 0. The molecular formula is C16H20N2O. The fourth-order valence-electron chi connectivity index (χ4n) is 2.89. The van der Waals surface area contributed by atoms with Crippen molar-refractivity contribution < 1.29 is 0 Å². The van der Waals surface area contributed by atoms with Gasteiger partial charge in [0.2, 0.25) is 0 Å². The number of aromatic nitrogens is 1. The van der Waals surface area contributed by atoms with Crippen LogP contribution in [0.4, 0.5) is 0 Å². The molecule has 0 radical (unpaired) electrons. The third-order valence-corrected chi connectivity index (χ3v) is 4.05. The van der Waals surface area contributed by atoms with Crippen LogP contribution in [0, 0.1) is 0 Å². The Balaban J connectivity index is 1.79. The lowest BCUT2D eigenvalue weighted by molar-refractivity contribution is 0.163. The maximum absolute atomic E-state index is 11.5. The highest BCUT2D eigenvalue weighted by Crippen LogP contribution is 2.20. The second-order valence-corrected chi connectivity index (χ2v) is 5.55. The predicted octanol–water partition coefficient (Wildman–Crippen LogP) is 2.33. The fourth-order valence-corrected chi connectivity index (χ4v) is 2.89. The van der Waals surface area contributed by atoms with Gasteiger partial charge in [-0.15, -0.1) is 0 Å². The Hall–Kier alpha value is -1.61. The van der Waals surface area contributed by atoms with Crippen LogP contribution < -0.4 is 5.43 Å². The molecule has 3 nitrogen and oxygen atoms in total. The number of hydrogen-bond acceptors (Lipinski definition) is 2. The van der Waals surface area contributed by atoms with E-state index < -0.39 is 0 Å². The second kappa shape index (κ2) is 5.17. The molecule has 2 aliphatic rings. The first-order valence-corrected chi connectivity index (χ1v) is 7.00. The number of fused-ring (bicyclic) bond motifs is 1. The Morgan fingerprint density at radius 3 is 3.11 bits per heavy atom. The molecule has 0 N–H and O–H groups in total. The van der Waals surface area contributed by atoms with Crippen LogP contribution in [-0.4, -0.2) is 22.1 Å². The van der Waals surface area contributed by atoms with Gasteiger partial charge in [-0.2, -0.15) is 0 Å². The van der Waals surface area contributed by atoms with Crippen LogP contribution in [0.2, 0.25) is 0 Å². The smallest absolute Gasteiger partial charge is 0.181 e. The third-order valence-electron chi connectivity index (χ3n) is 4.05. The standard InChI is InChI=1S/C16H20N2O/c1-13-10-17-8-7-16(19)9-15(17)12-18(13)11-14-5-3-2-4-6-14/h2-3,5,7-9,13H,4,6,10-12H2,1H3. The normalized spacial score (nSPS) is 23.0. The van der Waals surface area contributed by atoms with Gasteiger partial charge >= 0.3 is 0 Å². The van der Waals surface area contributed by atoms with Crippen LogP contribution in [0.15, 0.2) is 46.9 Å². The zero-order valence-electron chi connectivity index (χ0n) is 11.4. The first-order valence-electron chi connectivity index (χ1n) is 7.00. The zero-order valence-corrected chi connectivity index (χ0v) is 11.4. The maximum atomic E-state index is 11.5. The van der Waals surface area contributed by atoms with Gasteiger partial charge in [-0.1, -0.05) is 23.8 Å². The number of allylic oxidation sites excluding steroid dienone is 3. The molecule has 19 heavy (non-hydrogen) atoms. The van der Waals surface area contributed by atoms with Gasteiger partial charge in [-0.3, -0.25) is 9.69 Å². The second-order valence-electron chi connectivity index (χ2n) is 5.55. The van der Waals surface area contributed by atoms with Gasteiger partial charge in [0.25, 0.3) is 0 Å². The maximum Gasteiger partial charge on any atom is 0.181 e. The van der Waals surface area contributed by atoms with Gasteiger partial charge in [-0.05, 0) is 19.8 Å². The monoisotopic (exact) mass is 256 g/mol. The summed E-state index contributed by atoms with van der Waals surface area (Å²) in [6, 6.07) is 3.94. The van der Waals surface area contributed by atoms with Crippen LogP contribution in [0.1, 0.15) is 25.5 Å². The summed E-state index contributed by atoms with van der Waals surface area (Å²) in [5, 5.41) is 0. The number of hydrogen-bond donors (Lipinski definition) is 0. The molecule has 2 heterocycles. The molecule has 0 bridgehead atoms. The summed E-state index contributed by atoms with van der Waals surface area (Å²) >= 11 is 0. The van der Waals surface area contributed by atoms with Crippen molar-refractivity contribution in [1.82, 2.24) is 9.47 Å². The minimum atomic E-state index is 0.112. The average Bonchev–Trinajstić information content (AvgIpc) is 2.41. The Bertz CT molecular complexity index is 583. The van der Waals surface area contributed by atoms with Crippen molar-refractivity contribution in [2.45, 2.75) is 38.9 Å². The van der Waals surface area contributed by atoms with Crippen molar-refractivity contribution >= 4 is 0 Å². The van der Waals surface area contributed by atoms with Crippen LogP contribution in [0.3, 0.4) is 0 Å². The van der Waals surface area contributed by atoms with Crippen molar-refractivity contribution in [2.24, 2.45) is 0 Å². The van der Waals surface area contributed by atoms with Crippen LogP contribution >= 0.6 is 0 Å². The SMILES string of the molecule is CC1Cn2ccc(=O)cc2CN1CC1=CC=CCC1. The minimum Gasteiger partial charge on any atom is -0.348 e. The summed E-state index contributed by atoms with van der Waals surface area (Å²) in [5.41, 5.74) is 2.75. The first kappa shape index (κ1) is 12.4. The van der Waals surface area contributed by atoms with Crippen molar-refractivity contribution in [1.29, 1.82) is 0 Å². The van der Waals surface area contributed by atoms with E-state index in [1.54, 1.807) is 12.1 Å². The van der Waals surface area contributed by atoms with Gasteiger partial charge < -0.3 is 4.57 Å². The average molecular weight is 256 g/mol. The molecule has 1 aromatic heterocycles. The van der Waals surface area contributed by atoms with Crippen LogP contribution in [0.5, 0.6) is 0 Å². The van der Waals surface area contributed by atoms with Gasteiger partial charge in [0.1, 0.15) is 0 Å². The molecule has 1 unspecified atom stereocenters. The Morgan fingerprint density at radius 2 is 2.32 bits per heavy atom. The third kappa shape index (κ3) is 2.71. The van der Waals surface area contributed by atoms with Crippen molar-refractivity contribution in [3.05, 3.63) is 58.0 Å². The van der Waals surface area contributed by atoms with Crippen LogP contribution in [0.25, 0.3) is 0 Å². The molecule has 1 aromatic rings. The summed E-state index contributed by atoms with van der Waals surface area (Å²) in [4.78, 5) is 13.9. The first-order chi connectivity index (χ1) is 9.22. The van der Waals surface area contributed by atoms with E-state index in [1.165, 1.54) is 12.0 Å². The van der Waals surface area contributed by atoms with E-state index in [4.69, 9.17) is 0 Å². The number of pyridine rings is 1. The molecule has 0 saturated carbocycles. The number of nitrogens with zero attached hydrogens (tertiary/aromatic N) is 2. The molecule has 1 aliphatic carbocycles. The lowest BCUT2D eigenvalue weighted by Gasteiger charge is -2.36. The summed E-state index contributed by atoms with van der Waals surface area (Å²) in [6.45, 7) is 5.13. The molecular weight excluding hydrogens is 236 g/mol. The van der Waals surface area contributed by atoms with Gasteiger partial charge in [0.15, 0.2) is 5.43 Å². The topological polar surface area (TPSA) is 25.2 Å². The molecule has 3 rings (SSSR count). The van der Waals surface area contributed by atoms with E-state index >= 15 is 0 Å². The molecule has 1 aliphatic heterocycles. The fraction of sp³-hybridized carbons (Fsp3) is 0.438. The predicted molar refractivity (Wildman–Crippen MR) is 77.0 cm³/mol. The van der Waals surface area contributed by atoms with Crippen LogP contribution in [-0.2, 0) is 13.1 Å². The Labute approximate surface area is 113 Å². The van der Waals surface area contributed by atoms with E-state index in [0.29, 0.717) is 6.04 Å². The lowest BCUT2D eigenvalue weighted by Crippen LogP contribution is -2.42. The summed E-state index contributed by atoms with van der Waals surface area (Å²) < 4.78 is 2.21. The highest BCUT2D eigenvalue weighted by Gasteiger charge is 2.22. The largest absolute Gasteiger partial charge is 0.348 e. The van der Waals surface area contributed by atoms with Crippen molar-refractivity contribution in [3.8, 4) is 0 Å². The van der Waals surface area contributed by atoms with E-state index in [9.17, 15) is 4.79 Å². The highest BCUT2D eigenvalue weighted by atomic mass is 16.1. The van der Waals surface area contributed by atoms with E-state index in [0.717, 1.165) is 31.7 Å². The van der Waals surface area contributed by atoms with Crippen molar-refractivity contribution in [2.75, 3.05) is 6.54 Å². The van der Waals surface area contributed by atoms with Gasteiger partial charge in [0, 0.05) is 49.7 Å². The van der Waals surface area contributed by atoms with E-state index in [2.05, 4.69) is 34.6 Å².